The lowest BCUT2D eigenvalue weighted by atomic mass is 10.2. The minimum atomic E-state index is -0.209. The van der Waals surface area contributed by atoms with Crippen LogP contribution in [0.5, 0.6) is 5.75 Å². The zero-order valence-electron chi connectivity index (χ0n) is 10.8. The average Bonchev–Trinajstić information content (AvgIpc) is 2.35. The van der Waals surface area contributed by atoms with Crippen LogP contribution in [-0.4, -0.2) is 32.8 Å². The van der Waals surface area contributed by atoms with Gasteiger partial charge >= 0.3 is 0 Å². The molecule has 1 amide bonds. The fraction of sp³-hybridized carbons (Fsp3) is 0.462. The summed E-state index contributed by atoms with van der Waals surface area (Å²) in [7, 11) is 1.57. The van der Waals surface area contributed by atoms with Crippen LogP contribution < -0.4 is 10.2 Å². The summed E-state index contributed by atoms with van der Waals surface area (Å²) in [6.45, 7) is 3.09. The number of hydrogen-bond acceptors (Lipinski definition) is 4. The Kier molecular flexibility index (Phi) is 6.83. The summed E-state index contributed by atoms with van der Waals surface area (Å²) in [5.41, 5.74) is 3.44. The maximum absolute atomic E-state index is 11.3. The van der Waals surface area contributed by atoms with Crippen LogP contribution in [0.4, 0.5) is 0 Å². The molecule has 0 heterocycles. The van der Waals surface area contributed by atoms with Gasteiger partial charge in [-0.25, -0.2) is 5.48 Å². The van der Waals surface area contributed by atoms with Crippen molar-refractivity contribution in [2.75, 3.05) is 26.9 Å². The number of hydrogen-bond donors (Lipinski definition) is 1. The standard InChI is InChI=1S/C13H19NO4/c1-11-4-3-5-12(10-11)17-7-6-13(15)14-18-9-8-16-2/h3-5,10H,6-9H2,1-2H3,(H,14,15). The summed E-state index contributed by atoms with van der Waals surface area (Å²) in [6, 6.07) is 7.69. The quantitative estimate of drug-likeness (QED) is 0.563. The Labute approximate surface area is 107 Å². The fourth-order valence-electron chi connectivity index (χ4n) is 1.27. The Morgan fingerprint density at radius 2 is 2.11 bits per heavy atom. The van der Waals surface area contributed by atoms with Crippen molar-refractivity contribution in [3.8, 4) is 5.75 Å². The van der Waals surface area contributed by atoms with E-state index in [1.165, 1.54) is 0 Å². The van der Waals surface area contributed by atoms with Gasteiger partial charge in [-0.15, -0.1) is 0 Å². The Bertz CT molecular complexity index is 368. The molecule has 0 unspecified atom stereocenters. The van der Waals surface area contributed by atoms with E-state index in [0.717, 1.165) is 11.3 Å². The zero-order valence-corrected chi connectivity index (χ0v) is 10.8. The van der Waals surface area contributed by atoms with Crippen LogP contribution in [-0.2, 0) is 14.4 Å². The number of ether oxygens (including phenoxy) is 2. The summed E-state index contributed by atoms with van der Waals surface area (Å²) < 4.78 is 10.2. The maximum Gasteiger partial charge on any atom is 0.246 e. The minimum absolute atomic E-state index is 0.209. The highest BCUT2D eigenvalue weighted by Crippen LogP contribution is 2.12. The number of methoxy groups -OCH3 is 1. The fourth-order valence-corrected chi connectivity index (χ4v) is 1.27. The van der Waals surface area contributed by atoms with E-state index in [1.807, 2.05) is 31.2 Å². The van der Waals surface area contributed by atoms with Crippen molar-refractivity contribution in [3.05, 3.63) is 29.8 Å². The summed E-state index contributed by atoms with van der Waals surface area (Å²) in [6.07, 6.45) is 0.251. The molecule has 1 aromatic carbocycles. The van der Waals surface area contributed by atoms with Gasteiger partial charge in [-0.1, -0.05) is 12.1 Å². The molecule has 1 N–H and O–H groups in total. The minimum Gasteiger partial charge on any atom is -0.493 e. The Morgan fingerprint density at radius 1 is 1.28 bits per heavy atom. The van der Waals surface area contributed by atoms with Crippen LogP contribution in [0, 0.1) is 6.92 Å². The molecule has 0 radical (unpaired) electrons. The van der Waals surface area contributed by atoms with Crippen molar-refractivity contribution < 1.29 is 19.1 Å². The van der Waals surface area contributed by atoms with Crippen LogP contribution in [0.25, 0.3) is 0 Å². The van der Waals surface area contributed by atoms with Crippen molar-refractivity contribution >= 4 is 5.91 Å². The van der Waals surface area contributed by atoms with Crippen LogP contribution in [0.2, 0.25) is 0 Å². The number of carbonyl (C=O) groups excluding carboxylic acids is 1. The van der Waals surface area contributed by atoms with E-state index in [4.69, 9.17) is 14.3 Å². The zero-order chi connectivity index (χ0) is 13.2. The monoisotopic (exact) mass is 253 g/mol. The molecule has 1 rings (SSSR count). The molecule has 0 aliphatic heterocycles. The Morgan fingerprint density at radius 3 is 2.83 bits per heavy atom. The molecular weight excluding hydrogens is 234 g/mol. The third-order valence-corrected chi connectivity index (χ3v) is 2.16. The summed E-state index contributed by atoms with van der Waals surface area (Å²) in [5, 5.41) is 0. The third kappa shape index (κ3) is 6.22. The molecule has 0 spiro atoms. The second-order valence-electron chi connectivity index (χ2n) is 3.78. The number of rotatable bonds is 8. The molecule has 0 aromatic heterocycles. The largest absolute Gasteiger partial charge is 0.493 e. The van der Waals surface area contributed by atoms with Crippen molar-refractivity contribution in [1.29, 1.82) is 0 Å². The summed E-state index contributed by atoms with van der Waals surface area (Å²) in [5.74, 6) is 0.557. The number of amides is 1. The molecule has 5 nitrogen and oxygen atoms in total. The number of nitrogens with one attached hydrogen (secondary N) is 1. The summed E-state index contributed by atoms with van der Waals surface area (Å²) in [4.78, 5) is 16.2. The van der Waals surface area contributed by atoms with E-state index < -0.39 is 0 Å². The SMILES string of the molecule is COCCONC(=O)CCOc1cccc(C)c1. The smallest absolute Gasteiger partial charge is 0.246 e. The Hall–Kier alpha value is -1.59. The normalized spacial score (nSPS) is 10.1. The molecule has 1 aromatic rings. The van der Waals surface area contributed by atoms with E-state index in [0.29, 0.717) is 19.8 Å². The van der Waals surface area contributed by atoms with Crippen molar-refractivity contribution in [2.45, 2.75) is 13.3 Å². The first-order chi connectivity index (χ1) is 8.72. The van der Waals surface area contributed by atoms with Crippen LogP contribution >= 0.6 is 0 Å². The van der Waals surface area contributed by atoms with Gasteiger partial charge < -0.3 is 9.47 Å². The highest BCUT2D eigenvalue weighted by atomic mass is 16.7. The second kappa shape index (κ2) is 8.49. The first-order valence-electron chi connectivity index (χ1n) is 5.81. The highest BCUT2D eigenvalue weighted by Gasteiger charge is 2.01. The van der Waals surface area contributed by atoms with Crippen molar-refractivity contribution in [1.82, 2.24) is 5.48 Å². The predicted octanol–water partition coefficient (Wildman–Crippen LogP) is 1.46. The maximum atomic E-state index is 11.3. The molecule has 0 bridgehead atoms. The topological polar surface area (TPSA) is 56.8 Å². The lowest BCUT2D eigenvalue weighted by molar-refractivity contribution is -0.135. The van der Waals surface area contributed by atoms with Gasteiger partial charge in [-0.2, -0.15) is 0 Å². The molecular formula is C13H19NO4. The van der Waals surface area contributed by atoms with Gasteiger partial charge in [0.25, 0.3) is 0 Å². The van der Waals surface area contributed by atoms with Gasteiger partial charge in [0.2, 0.25) is 5.91 Å². The second-order valence-corrected chi connectivity index (χ2v) is 3.78. The lowest BCUT2D eigenvalue weighted by Crippen LogP contribution is -2.26. The third-order valence-electron chi connectivity index (χ3n) is 2.16. The predicted molar refractivity (Wildman–Crippen MR) is 67.3 cm³/mol. The van der Waals surface area contributed by atoms with Crippen LogP contribution in [0.15, 0.2) is 24.3 Å². The van der Waals surface area contributed by atoms with Gasteiger partial charge in [0.15, 0.2) is 0 Å². The number of benzene rings is 1. The van der Waals surface area contributed by atoms with Gasteiger partial charge in [-0.05, 0) is 24.6 Å². The first kappa shape index (κ1) is 14.5. The summed E-state index contributed by atoms with van der Waals surface area (Å²) >= 11 is 0. The van der Waals surface area contributed by atoms with Crippen LogP contribution in [0.3, 0.4) is 0 Å². The molecule has 0 atom stereocenters. The van der Waals surface area contributed by atoms with Crippen molar-refractivity contribution in [2.24, 2.45) is 0 Å². The number of aryl methyl sites for hydroxylation is 1. The van der Waals surface area contributed by atoms with E-state index in [2.05, 4.69) is 5.48 Å². The van der Waals surface area contributed by atoms with Gasteiger partial charge in [0.1, 0.15) is 5.75 Å². The van der Waals surface area contributed by atoms with E-state index >= 15 is 0 Å². The number of hydroxylamine groups is 1. The lowest BCUT2D eigenvalue weighted by Gasteiger charge is -2.07. The molecule has 5 heteroatoms. The molecule has 100 valence electrons. The van der Waals surface area contributed by atoms with E-state index in [1.54, 1.807) is 7.11 Å². The molecule has 0 saturated carbocycles. The molecule has 0 aliphatic carbocycles. The number of carbonyl (C=O) groups is 1. The van der Waals surface area contributed by atoms with Gasteiger partial charge in [0.05, 0.1) is 26.2 Å². The molecule has 0 fully saturated rings. The van der Waals surface area contributed by atoms with E-state index in [9.17, 15) is 4.79 Å². The van der Waals surface area contributed by atoms with E-state index in [-0.39, 0.29) is 12.3 Å². The Balaban J connectivity index is 2.12. The van der Waals surface area contributed by atoms with Gasteiger partial charge in [-0.3, -0.25) is 9.63 Å². The highest BCUT2D eigenvalue weighted by molar-refractivity contribution is 5.74. The van der Waals surface area contributed by atoms with Crippen molar-refractivity contribution in [3.63, 3.8) is 0 Å². The molecule has 0 saturated heterocycles. The van der Waals surface area contributed by atoms with Crippen LogP contribution in [0.1, 0.15) is 12.0 Å². The first-order valence-corrected chi connectivity index (χ1v) is 5.81. The molecule has 18 heavy (non-hydrogen) atoms. The molecule has 0 aliphatic rings. The average molecular weight is 253 g/mol. The van der Waals surface area contributed by atoms with Gasteiger partial charge in [0, 0.05) is 7.11 Å².